The Morgan fingerprint density at radius 3 is 1.10 bits per heavy atom. The summed E-state index contributed by atoms with van der Waals surface area (Å²) in [5.41, 5.74) is 0. The van der Waals surface area contributed by atoms with E-state index >= 15 is 0 Å². The van der Waals surface area contributed by atoms with Crippen LogP contribution in [0.3, 0.4) is 0 Å². The Bertz CT molecular complexity index is 152. The minimum atomic E-state index is -5.05. The van der Waals surface area contributed by atoms with E-state index in [1.165, 1.54) is 0 Å². The van der Waals surface area contributed by atoms with Crippen LogP contribution in [-0.4, -0.2) is 19.6 Å². The van der Waals surface area contributed by atoms with Crippen molar-refractivity contribution in [2.45, 2.75) is 0 Å². The van der Waals surface area contributed by atoms with Gasteiger partial charge in [-0.15, -0.1) is 0 Å². The van der Waals surface area contributed by atoms with Crippen LogP contribution in [0.15, 0.2) is 0 Å². The average Bonchev–Trinajstić information content (AvgIpc) is 1.14. The third-order valence-corrected chi connectivity index (χ3v) is 1.91. The summed E-state index contributed by atoms with van der Waals surface area (Å²) in [5.74, 6) is 0. The zero-order chi connectivity index (χ0) is 7.71. The first-order valence-electron chi connectivity index (χ1n) is 1.53. The SMILES string of the molecule is O=P(O)(O)OP(=O)(O)O.[Yb]. The Morgan fingerprint density at radius 1 is 0.900 bits per heavy atom. The van der Waals surface area contributed by atoms with Gasteiger partial charge in [0.2, 0.25) is 0 Å². The van der Waals surface area contributed by atoms with Gasteiger partial charge in [0.1, 0.15) is 0 Å². The van der Waals surface area contributed by atoms with E-state index in [4.69, 9.17) is 19.6 Å². The van der Waals surface area contributed by atoms with Crippen LogP contribution in [-0.2, 0) is 13.4 Å². The van der Waals surface area contributed by atoms with Crippen LogP contribution >= 0.6 is 15.6 Å². The second-order valence-corrected chi connectivity index (χ2v) is 3.68. The first kappa shape index (κ1) is 14.3. The molecule has 0 amide bonds. The predicted octanol–water partition coefficient (Wildman–Crippen LogP) is -0.812. The van der Waals surface area contributed by atoms with Crippen LogP contribution in [0.5, 0.6) is 0 Å². The molecule has 0 aliphatic carbocycles. The van der Waals surface area contributed by atoms with E-state index in [1.54, 1.807) is 0 Å². The molecular weight excluding hydrogens is 347 g/mol. The minimum absolute atomic E-state index is 0. The van der Waals surface area contributed by atoms with E-state index in [-0.39, 0.29) is 46.9 Å². The van der Waals surface area contributed by atoms with Crippen LogP contribution in [0.1, 0.15) is 0 Å². The summed E-state index contributed by atoms with van der Waals surface area (Å²) >= 11 is 0. The summed E-state index contributed by atoms with van der Waals surface area (Å²) in [7, 11) is -10.1. The molecule has 0 unspecified atom stereocenters. The Morgan fingerprint density at radius 2 is 1.10 bits per heavy atom. The molecule has 0 aliphatic rings. The largest absolute Gasteiger partial charge is 0.478 e. The topological polar surface area (TPSA) is 124 Å². The molecule has 0 aromatic carbocycles. The number of hydrogen-bond acceptors (Lipinski definition) is 3. The van der Waals surface area contributed by atoms with Crippen molar-refractivity contribution in [3.05, 3.63) is 0 Å². The van der Waals surface area contributed by atoms with Crippen molar-refractivity contribution in [3.8, 4) is 0 Å². The Labute approximate surface area is 94.5 Å². The first-order chi connectivity index (χ1) is 3.71. The second kappa shape index (κ2) is 4.72. The number of hydrogen-bond donors (Lipinski definition) is 4. The maximum absolute atomic E-state index is 9.63. The van der Waals surface area contributed by atoms with Crippen molar-refractivity contribution < 1.29 is 79.9 Å². The van der Waals surface area contributed by atoms with Gasteiger partial charge in [0.15, 0.2) is 0 Å². The summed E-state index contributed by atoms with van der Waals surface area (Å²) in [4.78, 5) is 31.0. The van der Waals surface area contributed by atoms with Crippen LogP contribution in [0.25, 0.3) is 0 Å². The van der Waals surface area contributed by atoms with Gasteiger partial charge < -0.3 is 19.6 Å². The van der Waals surface area contributed by atoms with E-state index in [0.717, 1.165) is 0 Å². The smallest absolute Gasteiger partial charge is 0.302 e. The summed E-state index contributed by atoms with van der Waals surface area (Å²) in [5, 5.41) is 0. The number of phosphoric acid groups is 2. The first-order valence-corrected chi connectivity index (χ1v) is 4.59. The number of rotatable bonds is 2. The summed E-state index contributed by atoms with van der Waals surface area (Å²) in [6.45, 7) is 0. The quantitative estimate of drug-likeness (QED) is 0.480. The summed E-state index contributed by atoms with van der Waals surface area (Å²) in [6, 6.07) is 0. The molecule has 4 N–H and O–H groups in total. The van der Waals surface area contributed by atoms with Gasteiger partial charge in [0.25, 0.3) is 0 Å². The van der Waals surface area contributed by atoms with Crippen molar-refractivity contribution in [2.75, 3.05) is 0 Å². The molecule has 0 aliphatic heterocycles. The molecule has 10 heavy (non-hydrogen) atoms. The molecule has 0 aromatic heterocycles. The van der Waals surface area contributed by atoms with Gasteiger partial charge in [-0.05, 0) is 0 Å². The molecule has 0 aromatic rings. The second-order valence-electron chi connectivity index (χ2n) is 1.06. The fourth-order valence-corrected chi connectivity index (χ4v) is 1.25. The Kier molecular flexibility index (Phi) is 6.75. The fraction of sp³-hybridized carbons (Fsp3) is 0. The third kappa shape index (κ3) is 12.5. The molecule has 0 heterocycles. The van der Waals surface area contributed by atoms with Gasteiger partial charge in [0, 0.05) is 46.9 Å². The molecule has 70 valence electrons. The van der Waals surface area contributed by atoms with Crippen molar-refractivity contribution in [1.29, 1.82) is 0 Å². The van der Waals surface area contributed by atoms with Gasteiger partial charge in [0.05, 0.1) is 0 Å². The van der Waals surface area contributed by atoms with E-state index in [9.17, 15) is 9.13 Å². The van der Waals surface area contributed by atoms with Gasteiger partial charge in [-0.3, -0.25) is 0 Å². The van der Waals surface area contributed by atoms with Crippen LogP contribution in [0, 0.1) is 46.9 Å². The Balaban J connectivity index is 0. The molecule has 0 radical (unpaired) electrons. The van der Waals surface area contributed by atoms with E-state index in [0.29, 0.717) is 0 Å². The van der Waals surface area contributed by atoms with Crippen LogP contribution < -0.4 is 0 Å². The van der Waals surface area contributed by atoms with Crippen LogP contribution in [0.2, 0.25) is 0 Å². The van der Waals surface area contributed by atoms with E-state index in [1.807, 2.05) is 0 Å². The third-order valence-electron chi connectivity index (χ3n) is 0.213. The van der Waals surface area contributed by atoms with Gasteiger partial charge >= 0.3 is 15.6 Å². The summed E-state index contributed by atoms with van der Waals surface area (Å²) < 4.78 is 22.2. The maximum atomic E-state index is 9.63. The molecule has 0 bridgehead atoms. The average molecular weight is 351 g/mol. The monoisotopic (exact) mass is 352 g/mol. The van der Waals surface area contributed by atoms with Crippen molar-refractivity contribution >= 4 is 15.6 Å². The molecule has 0 spiro atoms. The van der Waals surface area contributed by atoms with E-state index < -0.39 is 15.6 Å². The molecule has 0 atom stereocenters. The molecule has 7 nitrogen and oxygen atoms in total. The molecule has 10 heteroatoms. The molecular formula is H4O7P2Yb. The van der Waals surface area contributed by atoms with Crippen molar-refractivity contribution in [1.82, 2.24) is 0 Å². The molecule has 0 saturated heterocycles. The molecule has 0 fully saturated rings. The zero-order valence-corrected chi connectivity index (χ0v) is 7.68. The van der Waals surface area contributed by atoms with Gasteiger partial charge in [-0.2, -0.15) is 4.31 Å². The zero-order valence-electron chi connectivity index (χ0n) is 4.18. The fourth-order valence-electron chi connectivity index (χ4n) is 0.139. The predicted molar refractivity (Wildman–Crippen MR) is 25.2 cm³/mol. The standard InChI is InChI=1S/H4O7P2.Yb/c1-8(2,3)7-9(4,5)6;/h(H2,1,2,3)(H2,4,5,6);. The maximum Gasteiger partial charge on any atom is 0.478 e. The molecule has 0 saturated carbocycles. The van der Waals surface area contributed by atoms with Crippen LogP contribution in [0.4, 0.5) is 0 Å². The minimum Gasteiger partial charge on any atom is -0.302 e. The van der Waals surface area contributed by atoms with Gasteiger partial charge in [-0.1, -0.05) is 0 Å². The van der Waals surface area contributed by atoms with Crippen molar-refractivity contribution in [3.63, 3.8) is 0 Å². The van der Waals surface area contributed by atoms with Crippen molar-refractivity contribution in [2.24, 2.45) is 0 Å². The summed E-state index contributed by atoms with van der Waals surface area (Å²) in [6.07, 6.45) is 0. The molecule has 0 rings (SSSR count). The Hall–Kier alpha value is 1.78. The van der Waals surface area contributed by atoms with E-state index in [2.05, 4.69) is 4.31 Å². The van der Waals surface area contributed by atoms with Gasteiger partial charge in [-0.25, -0.2) is 9.13 Å². The normalized spacial score (nSPS) is 12.4.